The average Bonchev–Trinajstić information content (AvgIpc) is 2.92. The van der Waals surface area contributed by atoms with Crippen LogP contribution in [0, 0.1) is 11.8 Å². The van der Waals surface area contributed by atoms with Gasteiger partial charge in [-0.1, -0.05) is 31.9 Å². The number of hydrogen-bond donors (Lipinski definition) is 1. The van der Waals surface area contributed by atoms with E-state index in [1.165, 1.54) is 18.9 Å². The highest BCUT2D eigenvalue weighted by molar-refractivity contribution is 5.64. The van der Waals surface area contributed by atoms with E-state index in [2.05, 4.69) is 12.2 Å². The van der Waals surface area contributed by atoms with E-state index in [0.29, 0.717) is 24.1 Å². The molecular weight excluding hydrogens is 251 g/mol. The first-order valence-corrected chi connectivity index (χ1v) is 6.92. The second-order valence-electron chi connectivity index (χ2n) is 5.83. The van der Waals surface area contributed by atoms with Crippen LogP contribution < -0.4 is 5.32 Å². The average molecular weight is 269 g/mol. The number of alkyl halides is 3. The quantitative estimate of drug-likeness (QED) is 0.782. The summed E-state index contributed by atoms with van der Waals surface area (Å²) in [6.45, 7) is 2.88. The minimum Gasteiger partial charge on any atom is -0.384 e. The highest BCUT2D eigenvalue weighted by Gasteiger charge is 2.40. The maximum atomic E-state index is 13.0. The monoisotopic (exact) mass is 269 g/mol. The summed E-state index contributed by atoms with van der Waals surface area (Å²) >= 11 is 0. The first-order valence-electron chi connectivity index (χ1n) is 6.92. The fraction of sp³-hybridized carbons (Fsp3) is 0.600. The molecule has 0 saturated heterocycles. The molecule has 1 heterocycles. The molecule has 0 bridgehead atoms. The van der Waals surface area contributed by atoms with Gasteiger partial charge in [0.2, 0.25) is 0 Å². The maximum absolute atomic E-state index is 13.0. The van der Waals surface area contributed by atoms with Gasteiger partial charge in [-0.15, -0.1) is 0 Å². The largest absolute Gasteiger partial charge is 0.418 e. The molecule has 1 aromatic rings. The van der Waals surface area contributed by atoms with Crippen LogP contribution >= 0.6 is 0 Å². The van der Waals surface area contributed by atoms with E-state index < -0.39 is 11.7 Å². The third-order valence-electron chi connectivity index (χ3n) is 4.74. The highest BCUT2D eigenvalue weighted by atomic mass is 19.4. The number of fused-ring (bicyclic) bond motifs is 1. The molecule has 3 unspecified atom stereocenters. The molecule has 0 radical (unpaired) electrons. The van der Waals surface area contributed by atoms with Crippen LogP contribution in [0.5, 0.6) is 0 Å². The zero-order chi connectivity index (χ0) is 13.6. The van der Waals surface area contributed by atoms with Crippen LogP contribution in [0.4, 0.5) is 18.9 Å². The lowest BCUT2D eigenvalue weighted by Crippen LogP contribution is -2.17. The van der Waals surface area contributed by atoms with Crippen LogP contribution in [0.25, 0.3) is 0 Å². The molecule has 1 nitrogen and oxygen atoms in total. The van der Waals surface area contributed by atoms with Crippen LogP contribution in [-0.4, -0.2) is 6.54 Å². The first-order chi connectivity index (χ1) is 8.98. The van der Waals surface area contributed by atoms with Crippen LogP contribution in [0.2, 0.25) is 0 Å². The van der Waals surface area contributed by atoms with E-state index in [1.807, 2.05) is 6.07 Å². The van der Waals surface area contributed by atoms with Crippen molar-refractivity contribution in [3.05, 3.63) is 29.3 Å². The summed E-state index contributed by atoms with van der Waals surface area (Å²) in [5.41, 5.74) is 0.672. The number of para-hydroxylation sites is 1. The summed E-state index contributed by atoms with van der Waals surface area (Å²) in [4.78, 5) is 0. The van der Waals surface area contributed by atoms with Crippen molar-refractivity contribution in [2.75, 3.05) is 11.9 Å². The SMILES string of the molecule is CC1CCCC1C1CNc2c1cccc2C(F)(F)F. The minimum atomic E-state index is -4.27. The zero-order valence-corrected chi connectivity index (χ0v) is 10.9. The molecule has 0 spiro atoms. The second kappa shape index (κ2) is 4.43. The Labute approximate surface area is 111 Å². The van der Waals surface area contributed by atoms with Gasteiger partial charge < -0.3 is 5.32 Å². The Hall–Kier alpha value is -1.19. The second-order valence-corrected chi connectivity index (χ2v) is 5.83. The van der Waals surface area contributed by atoms with Gasteiger partial charge in [0.1, 0.15) is 0 Å². The van der Waals surface area contributed by atoms with Crippen molar-refractivity contribution in [1.29, 1.82) is 0 Å². The van der Waals surface area contributed by atoms with Crippen molar-refractivity contribution in [2.24, 2.45) is 11.8 Å². The molecule has 1 saturated carbocycles. The molecule has 1 N–H and O–H groups in total. The lowest BCUT2D eigenvalue weighted by atomic mass is 9.81. The van der Waals surface area contributed by atoms with Crippen LogP contribution in [0.15, 0.2) is 18.2 Å². The van der Waals surface area contributed by atoms with Gasteiger partial charge in [-0.25, -0.2) is 0 Å². The molecule has 19 heavy (non-hydrogen) atoms. The van der Waals surface area contributed by atoms with Crippen LogP contribution in [0.1, 0.15) is 43.2 Å². The number of nitrogens with one attached hydrogen (secondary N) is 1. The Morgan fingerprint density at radius 2 is 2.00 bits per heavy atom. The summed E-state index contributed by atoms with van der Waals surface area (Å²) in [7, 11) is 0. The lowest BCUT2D eigenvalue weighted by Gasteiger charge is -2.23. The van der Waals surface area contributed by atoms with Gasteiger partial charge in [0.15, 0.2) is 0 Å². The Bertz CT molecular complexity index is 481. The van der Waals surface area contributed by atoms with Crippen LogP contribution in [-0.2, 0) is 6.18 Å². The lowest BCUT2D eigenvalue weighted by molar-refractivity contribution is -0.136. The maximum Gasteiger partial charge on any atom is 0.418 e. The highest BCUT2D eigenvalue weighted by Crippen LogP contribution is 2.49. The summed E-state index contributed by atoms with van der Waals surface area (Å²) in [5, 5.41) is 3.00. The molecule has 0 amide bonds. The molecule has 1 fully saturated rings. The Kier molecular flexibility index (Phi) is 2.99. The van der Waals surface area contributed by atoms with Crippen molar-refractivity contribution >= 4 is 5.69 Å². The van der Waals surface area contributed by atoms with Gasteiger partial charge in [-0.3, -0.25) is 0 Å². The van der Waals surface area contributed by atoms with E-state index in [4.69, 9.17) is 0 Å². The first kappa shape index (κ1) is 12.8. The van der Waals surface area contributed by atoms with Gasteiger partial charge in [0.25, 0.3) is 0 Å². The van der Waals surface area contributed by atoms with Crippen LogP contribution in [0.3, 0.4) is 0 Å². The predicted octanol–water partition coefficient (Wildman–Crippen LogP) is 4.65. The molecule has 2 aliphatic rings. The van der Waals surface area contributed by atoms with E-state index in [-0.39, 0.29) is 5.92 Å². The minimum absolute atomic E-state index is 0.245. The van der Waals surface area contributed by atoms with Gasteiger partial charge in [0.05, 0.1) is 5.56 Å². The molecule has 3 atom stereocenters. The fourth-order valence-electron chi connectivity index (χ4n) is 3.79. The summed E-state index contributed by atoms with van der Waals surface area (Å²) in [6, 6.07) is 4.58. The van der Waals surface area contributed by atoms with Gasteiger partial charge >= 0.3 is 6.18 Å². The number of rotatable bonds is 1. The smallest absolute Gasteiger partial charge is 0.384 e. The Morgan fingerprint density at radius 3 is 2.63 bits per heavy atom. The number of halogens is 3. The molecule has 4 heteroatoms. The fourth-order valence-corrected chi connectivity index (χ4v) is 3.79. The Balaban J connectivity index is 1.97. The molecule has 1 aliphatic carbocycles. The van der Waals surface area contributed by atoms with Gasteiger partial charge in [0, 0.05) is 18.2 Å². The van der Waals surface area contributed by atoms with Crippen molar-refractivity contribution in [3.8, 4) is 0 Å². The standard InChI is InChI=1S/C15H18F3N/c1-9-4-2-5-10(9)12-8-19-14-11(12)6-3-7-13(14)15(16,17)18/h3,6-7,9-10,12,19H,2,4-5,8H2,1H3. The van der Waals surface area contributed by atoms with E-state index in [9.17, 15) is 13.2 Å². The normalized spacial score (nSPS) is 30.2. The molecule has 104 valence electrons. The summed E-state index contributed by atoms with van der Waals surface area (Å²) in [5.74, 6) is 1.39. The van der Waals surface area contributed by atoms with Gasteiger partial charge in [-0.05, 0) is 29.9 Å². The summed E-state index contributed by atoms with van der Waals surface area (Å²) < 4.78 is 39.0. The van der Waals surface area contributed by atoms with Crippen molar-refractivity contribution in [3.63, 3.8) is 0 Å². The summed E-state index contributed by atoms with van der Waals surface area (Å²) in [6.07, 6.45) is -0.718. The van der Waals surface area contributed by atoms with E-state index in [0.717, 1.165) is 12.0 Å². The van der Waals surface area contributed by atoms with E-state index >= 15 is 0 Å². The third-order valence-corrected chi connectivity index (χ3v) is 4.74. The number of hydrogen-bond acceptors (Lipinski definition) is 1. The van der Waals surface area contributed by atoms with Gasteiger partial charge in [-0.2, -0.15) is 13.2 Å². The van der Waals surface area contributed by atoms with Crippen molar-refractivity contribution in [1.82, 2.24) is 0 Å². The van der Waals surface area contributed by atoms with Crippen molar-refractivity contribution in [2.45, 2.75) is 38.3 Å². The Morgan fingerprint density at radius 1 is 1.21 bits per heavy atom. The zero-order valence-electron chi connectivity index (χ0n) is 10.9. The topological polar surface area (TPSA) is 12.0 Å². The molecule has 0 aromatic heterocycles. The molecule has 1 aliphatic heterocycles. The third kappa shape index (κ3) is 2.11. The van der Waals surface area contributed by atoms with E-state index in [1.54, 1.807) is 6.07 Å². The van der Waals surface area contributed by atoms with Crippen molar-refractivity contribution < 1.29 is 13.2 Å². The number of anilines is 1. The molecular formula is C15H18F3N. The number of benzene rings is 1. The molecule has 1 aromatic carbocycles. The molecule has 3 rings (SSSR count). The predicted molar refractivity (Wildman–Crippen MR) is 69.2 cm³/mol.